The summed E-state index contributed by atoms with van der Waals surface area (Å²) in [4.78, 5) is 16.3. The van der Waals surface area contributed by atoms with Gasteiger partial charge in [0.05, 0.1) is 5.39 Å². The van der Waals surface area contributed by atoms with Crippen LogP contribution in [0, 0.1) is 0 Å². The smallest absolute Gasteiger partial charge is 0.219 e. The van der Waals surface area contributed by atoms with Gasteiger partial charge in [0.2, 0.25) is 5.88 Å². The van der Waals surface area contributed by atoms with Crippen molar-refractivity contribution in [2.45, 2.75) is 13.2 Å². The lowest BCUT2D eigenvalue weighted by Crippen LogP contribution is -2.00. The molecule has 0 aliphatic carbocycles. The van der Waals surface area contributed by atoms with E-state index in [1.807, 2.05) is 85.2 Å². The minimum absolute atomic E-state index is 0.373. The van der Waals surface area contributed by atoms with Gasteiger partial charge >= 0.3 is 0 Å². The molecule has 3 N–H and O–H groups in total. The quantitative estimate of drug-likeness (QED) is 0.250. The van der Waals surface area contributed by atoms with Gasteiger partial charge in [0.1, 0.15) is 30.4 Å². The predicted octanol–water partition coefficient (Wildman–Crippen LogP) is 6.43. The zero-order chi connectivity index (χ0) is 25.7. The largest absolute Gasteiger partial charge is 0.488 e. The van der Waals surface area contributed by atoms with Gasteiger partial charge in [-0.3, -0.25) is 4.98 Å². The first-order valence-electron chi connectivity index (χ1n) is 12.3. The van der Waals surface area contributed by atoms with Gasteiger partial charge in [-0.15, -0.1) is 0 Å². The summed E-state index contributed by atoms with van der Waals surface area (Å²) in [5, 5.41) is 0.861. The molecule has 4 heterocycles. The number of aromatic nitrogens is 4. The predicted molar refractivity (Wildman–Crippen MR) is 149 cm³/mol. The Morgan fingerprint density at radius 3 is 2.34 bits per heavy atom. The van der Waals surface area contributed by atoms with Crippen LogP contribution >= 0.6 is 0 Å². The van der Waals surface area contributed by atoms with Crippen LogP contribution in [0.3, 0.4) is 0 Å². The van der Waals surface area contributed by atoms with E-state index in [4.69, 9.17) is 20.2 Å². The summed E-state index contributed by atoms with van der Waals surface area (Å²) in [5.41, 5.74) is 12.8. The zero-order valence-electron chi connectivity index (χ0n) is 20.5. The highest BCUT2D eigenvalue weighted by Gasteiger charge is 2.16. The second kappa shape index (κ2) is 10.4. The highest BCUT2D eigenvalue weighted by Crippen LogP contribution is 2.37. The van der Waals surface area contributed by atoms with Gasteiger partial charge in [-0.2, -0.15) is 4.98 Å². The first-order chi connectivity index (χ1) is 18.7. The number of nitrogen functional groups attached to an aromatic ring is 1. The van der Waals surface area contributed by atoms with Crippen LogP contribution in [0.25, 0.3) is 33.3 Å². The summed E-state index contributed by atoms with van der Waals surface area (Å²) in [6.07, 6.45) is 7.22. The summed E-state index contributed by atoms with van der Waals surface area (Å²) in [7, 11) is 0. The number of rotatable bonds is 8. The van der Waals surface area contributed by atoms with E-state index in [2.05, 4.69) is 27.1 Å². The van der Waals surface area contributed by atoms with Crippen LogP contribution in [0.2, 0.25) is 0 Å². The van der Waals surface area contributed by atoms with E-state index in [-0.39, 0.29) is 0 Å². The molecular weight excluding hydrogens is 474 g/mol. The van der Waals surface area contributed by atoms with Crippen LogP contribution in [-0.2, 0) is 13.2 Å². The molecule has 2 aromatic carbocycles. The molecule has 0 saturated heterocycles. The molecule has 6 aromatic rings. The molecule has 0 aliphatic rings. The van der Waals surface area contributed by atoms with E-state index < -0.39 is 0 Å². The molecule has 0 spiro atoms. The number of nitrogens with zero attached hydrogens (tertiary/aromatic N) is 3. The molecule has 4 aromatic heterocycles. The Hall–Kier alpha value is -5.17. The number of hydrogen-bond donors (Lipinski definition) is 2. The average Bonchev–Trinajstić information content (AvgIpc) is 3.40. The first-order valence-corrected chi connectivity index (χ1v) is 12.3. The number of benzene rings is 2. The number of anilines is 1. The van der Waals surface area contributed by atoms with Crippen LogP contribution in [0.5, 0.6) is 11.6 Å². The molecule has 186 valence electrons. The van der Waals surface area contributed by atoms with Gasteiger partial charge < -0.3 is 20.2 Å². The fourth-order valence-corrected chi connectivity index (χ4v) is 4.33. The fourth-order valence-electron chi connectivity index (χ4n) is 4.33. The zero-order valence-corrected chi connectivity index (χ0v) is 20.5. The van der Waals surface area contributed by atoms with Crippen LogP contribution < -0.4 is 15.2 Å². The van der Waals surface area contributed by atoms with Gasteiger partial charge in [-0.1, -0.05) is 60.7 Å². The third-order valence-electron chi connectivity index (χ3n) is 6.25. The molecular formula is C31H25N5O2. The highest BCUT2D eigenvalue weighted by atomic mass is 16.5. The molecule has 0 amide bonds. The lowest BCUT2D eigenvalue weighted by atomic mass is 10.1. The molecule has 0 unspecified atom stereocenters. The van der Waals surface area contributed by atoms with Crippen molar-refractivity contribution in [2.24, 2.45) is 0 Å². The molecule has 0 radical (unpaired) electrons. The Labute approximate surface area is 220 Å². The summed E-state index contributed by atoms with van der Waals surface area (Å²) in [6, 6.07) is 27.9. The van der Waals surface area contributed by atoms with Gasteiger partial charge in [0.25, 0.3) is 0 Å². The average molecular weight is 500 g/mol. The van der Waals surface area contributed by atoms with Gasteiger partial charge in [0, 0.05) is 36.4 Å². The molecule has 0 bridgehead atoms. The number of H-pyrrole nitrogens is 1. The van der Waals surface area contributed by atoms with Gasteiger partial charge in [-0.05, 0) is 46.0 Å². The monoisotopic (exact) mass is 499 g/mol. The van der Waals surface area contributed by atoms with Crippen molar-refractivity contribution < 1.29 is 9.47 Å². The lowest BCUT2D eigenvalue weighted by Gasteiger charge is -2.12. The first kappa shape index (κ1) is 23.2. The van der Waals surface area contributed by atoms with E-state index in [9.17, 15) is 0 Å². The lowest BCUT2D eigenvalue weighted by molar-refractivity contribution is 0.284. The number of nitrogens with one attached hydrogen (secondary N) is 1. The van der Waals surface area contributed by atoms with E-state index in [1.165, 1.54) is 0 Å². The van der Waals surface area contributed by atoms with E-state index in [1.54, 1.807) is 12.4 Å². The summed E-state index contributed by atoms with van der Waals surface area (Å²) in [6.45, 7) is 0.788. The van der Waals surface area contributed by atoms with Crippen molar-refractivity contribution in [1.82, 2.24) is 19.9 Å². The van der Waals surface area contributed by atoms with Crippen molar-refractivity contribution in [3.8, 4) is 33.9 Å². The number of aromatic amines is 1. The molecule has 0 atom stereocenters. The normalized spacial score (nSPS) is 10.9. The maximum Gasteiger partial charge on any atom is 0.219 e. The van der Waals surface area contributed by atoms with Crippen LogP contribution in [0.1, 0.15) is 11.1 Å². The summed E-state index contributed by atoms with van der Waals surface area (Å²) >= 11 is 0. The molecule has 7 heteroatoms. The second-order valence-corrected chi connectivity index (χ2v) is 8.86. The summed E-state index contributed by atoms with van der Waals surface area (Å²) < 4.78 is 12.4. The van der Waals surface area contributed by atoms with Crippen molar-refractivity contribution in [3.63, 3.8) is 0 Å². The molecule has 7 nitrogen and oxygen atoms in total. The maximum absolute atomic E-state index is 6.32. The minimum atomic E-state index is 0.373. The maximum atomic E-state index is 6.32. The van der Waals surface area contributed by atoms with Crippen molar-refractivity contribution in [2.75, 3.05) is 5.73 Å². The Balaban J connectivity index is 1.29. The second-order valence-electron chi connectivity index (χ2n) is 8.86. The number of hydrogen-bond acceptors (Lipinski definition) is 6. The van der Waals surface area contributed by atoms with Gasteiger partial charge in [-0.25, -0.2) is 4.98 Å². The third kappa shape index (κ3) is 5.03. The number of nitrogens with two attached hydrogens (primary N) is 1. The third-order valence-corrected chi connectivity index (χ3v) is 6.25. The Kier molecular flexibility index (Phi) is 6.39. The van der Waals surface area contributed by atoms with Crippen LogP contribution in [0.15, 0.2) is 110 Å². The van der Waals surface area contributed by atoms with Crippen molar-refractivity contribution >= 4 is 16.9 Å². The minimum Gasteiger partial charge on any atom is -0.488 e. The van der Waals surface area contributed by atoms with E-state index in [0.717, 1.165) is 38.8 Å². The topological polar surface area (TPSA) is 98.9 Å². The molecule has 0 saturated carbocycles. The van der Waals surface area contributed by atoms with Crippen molar-refractivity contribution in [1.29, 1.82) is 0 Å². The molecule has 38 heavy (non-hydrogen) atoms. The number of ether oxygens (including phenoxy) is 2. The SMILES string of the molecule is Nc1cc(-c2c[nH]c3nc(OCc4ccc(-c5cccnc5)cc4)cc(OCc4ccccc4)c23)ccn1. The molecule has 0 fully saturated rings. The fraction of sp³-hybridized carbons (Fsp3) is 0.0645. The van der Waals surface area contributed by atoms with Crippen molar-refractivity contribution in [3.05, 3.63) is 121 Å². The highest BCUT2D eigenvalue weighted by molar-refractivity contribution is 5.98. The number of pyridine rings is 3. The molecule has 0 aliphatic heterocycles. The Morgan fingerprint density at radius 1 is 0.737 bits per heavy atom. The standard InChI is InChI=1S/C31H25N5O2/c32-28-15-24(12-14-34-28)26-18-35-31-30(26)27(37-19-21-5-2-1-3-6-21)16-29(36-31)38-20-22-8-10-23(11-9-22)25-7-4-13-33-17-25/h1-18H,19-20H2,(H2,32,34)(H,35,36). The Bertz CT molecular complexity index is 1670. The van der Waals surface area contributed by atoms with Crippen LogP contribution in [0.4, 0.5) is 5.82 Å². The van der Waals surface area contributed by atoms with E-state index >= 15 is 0 Å². The number of fused-ring (bicyclic) bond motifs is 1. The van der Waals surface area contributed by atoms with E-state index in [0.29, 0.717) is 36.3 Å². The molecule has 6 rings (SSSR count). The Morgan fingerprint density at radius 2 is 1.55 bits per heavy atom. The summed E-state index contributed by atoms with van der Waals surface area (Å²) in [5.74, 6) is 1.60. The van der Waals surface area contributed by atoms with Gasteiger partial charge in [0.15, 0.2) is 0 Å². The van der Waals surface area contributed by atoms with Crippen LogP contribution in [-0.4, -0.2) is 19.9 Å².